The summed E-state index contributed by atoms with van der Waals surface area (Å²) < 4.78 is 89.9. The number of hydrogen-bond acceptors (Lipinski definition) is 10. The maximum Gasteiger partial charge on any atom is 1.00 e. The van der Waals surface area contributed by atoms with E-state index < -0.39 is 42.7 Å². The Kier molecular flexibility index (Phi) is 11.5. The van der Waals surface area contributed by atoms with Gasteiger partial charge >= 0.3 is 69.5 Å². The molecule has 0 fully saturated rings. The second-order valence-electron chi connectivity index (χ2n) is 6.62. The van der Waals surface area contributed by atoms with Crippen molar-refractivity contribution in [3.8, 4) is 0 Å². The quantitative estimate of drug-likeness (QED) is 0.108. The molecule has 0 bridgehead atoms. The van der Waals surface area contributed by atoms with Crippen LogP contribution < -0.4 is 64.8 Å². The summed E-state index contributed by atoms with van der Waals surface area (Å²) in [7, 11) is -13.0. The number of benzene rings is 3. The Bertz CT molecular complexity index is 1560. The van der Waals surface area contributed by atoms with Crippen LogP contribution in [-0.4, -0.2) is 46.7 Å². The Hall–Kier alpha value is -0.950. The number of anilines is 1. The zero-order valence-corrected chi connectivity index (χ0v) is 25.0. The number of sulfone groups is 1. The zero-order chi connectivity index (χ0) is 24.4. The van der Waals surface area contributed by atoms with E-state index in [1.165, 1.54) is 48.5 Å². The third kappa shape index (κ3) is 8.84. The van der Waals surface area contributed by atoms with E-state index in [1.807, 2.05) is 0 Å². The first-order valence-electron chi connectivity index (χ1n) is 8.92. The molecule has 0 saturated heterocycles. The second-order valence-corrected chi connectivity index (χ2v) is 11.2. The molecule has 4 N–H and O–H groups in total. The fourth-order valence-corrected chi connectivity index (χ4v) is 4.78. The number of fused-ring (bicyclic) bond motifs is 1. The van der Waals surface area contributed by atoms with Gasteiger partial charge in [-0.1, -0.05) is 6.07 Å². The number of azo groups is 1. The second kappa shape index (κ2) is 12.5. The number of nitrogen functional groups attached to an aromatic ring is 1. The topological polar surface area (TPSA) is 203 Å². The van der Waals surface area contributed by atoms with E-state index in [9.17, 15) is 29.8 Å². The minimum Gasteiger partial charge on any atom is -0.398 e. The van der Waals surface area contributed by atoms with Gasteiger partial charge in [0.25, 0.3) is 10.1 Å². The maximum absolute atomic E-state index is 12.2. The molecule has 0 aliphatic carbocycles. The van der Waals surface area contributed by atoms with Crippen molar-refractivity contribution in [2.75, 3.05) is 18.1 Å². The maximum atomic E-state index is 12.2. The molecular weight excluding hydrogens is 544 g/mol. The first kappa shape index (κ1) is 32.1. The van der Waals surface area contributed by atoms with Gasteiger partial charge in [-0.15, -0.1) is 5.11 Å². The molecule has 12 nitrogen and oxygen atoms in total. The van der Waals surface area contributed by atoms with E-state index in [-0.39, 0.29) is 74.6 Å². The first-order chi connectivity index (χ1) is 15.3. The Labute approximate surface area is 246 Å². The van der Waals surface area contributed by atoms with E-state index in [2.05, 4.69) is 14.4 Å². The van der Waals surface area contributed by atoms with E-state index in [0.29, 0.717) is 22.1 Å². The molecule has 0 amide bonds. The normalized spacial score (nSPS) is 12.3. The Balaban J connectivity index is 0.00000306. The summed E-state index contributed by atoms with van der Waals surface area (Å²) in [6, 6.07) is 12.1. The number of nitrogens with two attached hydrogens (primary N) is 1. The van der Waals surface area contributed by atoms with Gasteiger partial charge in [0.05, 0.1) is 33.5 Å². The molecule has 3 aromatic carbocycles. The van der Waals surface area contributed by atoms with Gasteiger partial charge in [-0.3, -0.25) is 9.11 Å². The molecule has 0 unspecified atom stereocenters. The van der Waals surface area contributed by atoms with Gasteiger partial charge in [0, 0.05) is 16.5 Å². The molecule has 0 saturated carbocycles. The van der Waals surface area contributed by atoms with Crippen LogP contribution in [0, 0.1) is 0 Å². The van der Waals surface area contributed by atoms with Crippen LogP contribution >= 0.6 is 0 Å². The van der Waals surface area contributed by atoms with E-state index >= 15 is 0 Å². The standard InChI is InChI=1S/C18H17N3O9S3.2Na/c19-17-7-8-18(15-6-5-14(11-16(15)17)32(24,25)26)21-20-12-1-3-13(4-2-12)31(22,23)10-9-30-33(27,28)29;;/h1-8,11H,9-10,19H2,(H,24,25,26)(H,27,28,29);;/q;2*+1. The van der Waals surface area contributed by atoms with E-state index in [0.717, 1.165) is 0 Å². The minimum absolute atomic E-state index is 0. The summed E-state index contributed by atoms with van der Waals surface area (Å²) in [5.41, 5.74) is 6.81. The van der Waals surface area contributed by atoms with Crippen LogP contribution in [0.2, 0.25) is 0 Å². The van der Waals surface area contributed by atoms with Crippen LogP contribution in [0.4, 0.5) is 17.1 Å². The molecule has 3 aromatic rings. The Morgan fingerprint density at radius 1 is 0.771 bits per heavy atom. The fraction of sp³-hybridized carbons (Fsp3) is 0.111. The minimum atomic E-state index is -4.74. The fourth-order valence-electron chi connectivity index (χ4n) is 2.78. The average Bonchev–Trinajstić information content (AvgIpc) is 2.72. The van der Waals surface area contributed by atoms with E-state index in [4.69, 9.17) is 10.3 Å². The van der Waals surface area contributed by atoms with Crippen molar-refractivity contribution in [3.05, 3.63) is 54.6 Å². The third-order valence-electron chi connectivity index (χ3n) is 4.35. The van der Waals surface area contributed by atoms with Crippen molar-refractivity contribution in [3.63, 3.8) is 0 Å². The molecule has 35 heavy (non-hydrogen) atoms. The predicted molar refractivity (Wildman–Crippen MR) is 118 cm³/mol. The van der Waals surface area contributed by atoms with Crippen LogP contribution in [-0.2, 0) is 34.5 Å². The number of hydrogen-bond donors (Lipinski definition) is 3. The summed E-state index contributed by atoms with van der Waals surface area (Å²) in [6.45, 7) is -0.744. The summed E-state index contributed by atoms with van der Waals surface area (Å²) in [6.07, 6.45) is 0. The van der Waals surface area contributed by atoms with Crippen molar-refractivity contribution >= 4 is 58.2 Å². The largest absolute Gasteiger partial charge is 1.00 e. The molecule has 0 aliphatic heterocycles. The molecule has 0 aromatic heterocycles. The number of rotatable bonds is 8. The van der Waals surface area contributed by atoms with Gasteiger partial charge in [-0.05, 0) is 48.5 Å². The summed E-state index contributed by atoms with van der Waals surface area (Å²) >= 11 is 0. The van der Waals surface area contributed by atoms with Gasteiger partial charge in [-0.2, -0.15) is 21.9 Å². The van der Waals surface area contributed by atoms with Gasteiger partial charge in [0.1, 0.15) is 0 Å². The average molecular weight is 562 g/mol. The molecule has 0 aliphatic rings. The molecule has 0 spiro atoms. The van der Waals surface area contributed by atoms with Crippen LogP contribution in [0.3, 0.4) is 0 Å². The van der Waals surface area contributed by atoms with Crippen molar-refractivity contribution in [1.29, 1.82) is 0 Å². The van der Waals surface area contributed by atoms with Crippen molar-refractivity contribution < 1.29 is 97.7 Å². The van der Waals surface area contributed by atoms with Crippen LogP contribution in [0.5, 0.6) is 0 Å². The monoisotopic (exact) mass is 561 g/mol. The van der Waals surface area contributed by atoms with Gasteiger partial charge in [0.2, 0.25) is 0 Å². The third-order valence-corrected chi connectivity index (χ3v) is 7.36. The molecule has 0 heterocycles. The smallest absolute Gasteiger partial charge is 0.398 e. The summed E-state index contributed by atoms with van der Waals surface area (Å²) in [4.78, 5) is -0.439. The van der Waals surface area contributed by atoms with Crippen molar-refractivity contribution in [1.82, 2.24) is 0 Å². The molecule has 17 heteroatoms. The summed E-state index contributed by atoms with van der Waals surface area (Å²) in [5, 5.41) is 8.95. The first-order valence-corrected chi connectivity index (χ1v) is 13.4. The summed E-state index contributed by atoms with van der Waals surface area (Å²) in [5.74, 6) is -0.670. The van der Waals surface area contributed by atoms with Crippen LogP contribution in [0.15, 0.2) is 74.6 Å². The molecule has 0 radical (unpaired) electrons. The van der Waals surface area contributed by atoms with E-state index in [1.54, 1.807) is 6.07 Å². The van der Waals surface area contributed by atoms with Crippen LogP contribution in [0.1, 0.15) is 0 Å². The molecular formula is C18H17N3Na2O9S3+2. The zero-order valence-electron chi connectivity index (χ0n) is 18.6. The van der Waals surface area contributed by atoms with Gasteiger partial charge in [0.15, 0.2) is 9.84 Å². The number of nitrogens with zero attached hydrogens (tertiary/aromatic N) is 2. The predicted octanol–water partition coefficient (Wildman–Crippen LogP) is -3.31. The SMILES string of the molecule is Nc1ccc(N=Nc2ccc(S(=O)(=O)CCOS(=O)(=O)O)cc2)c2ccc(S(=O)(=O)O)cc12.[Na+].[Na+]. The molecule has 3 rings (SSSR count). The Morgan fingerprint density at radius 2 is 1.37 bits per heavy atom. The van der Waals surface area contributed by atoms with Gasteiger partial charge < -0.3 is 5.73 Å². The van der Waals surface area contributed by atoms with Gasteiger partial charge in [-0.25, -0.2) is 12.6 Å². The Morgan fingerprint density at radius 3 is 1.94 bits per heavy atom. The van der Waals surface area contributed by atoms with Crippen molar-refractivity contribution in [2.45, 2.75) is 9.79 Å². The van der Waals surface area contributed by atoms with Crippen LogP contribution in [0.25, 0.3) is 10.8 Å². The van der Waals surface area contributed by atoms with Crippen molar-refractivity contribution in [2.24, 2.45) is 10.2 Å². The molecule has 0 atom stereocenters. The molecule has 176 valence electrons.